The first-order valence-electron chi connectivity index (χ1n) is 6.67. The van der Waals surface area contributed by atoms with Gasteiger partial charge in [-0.05, 0) is 57.4 Å². The summed E-state index contributed by atoms with van der Waals surface area (Å²) in [6.45, 7) is 6.73. The zero-order chi connectivity index (χ0) is 14.0. The first-order chi connectivity index (χ1) is 8.90. The van der Waals surface area contributed by atoms with Crippen molar-refractivity contribution in [1.29, 1.82) is 0 Å². The van der Waals surface area contributed by atoms with Crippen LogP contribution in [0.15, 0.2) is 18.2 Å². The Labute approximate surface area is 114 Å². The van der Waals surface area contributed by atoms with Crippen molar-refractivity contribution >= 4 is 11.7 Å². The topological polar surface area (TPSA) is 41.6 Å². The number of anilines is 1. The molecule has 0 radical (unpaired) electrons. The van der Waals surface area contributed by atoms with Gasteiger partial charge in [0.1, 0.15) is 5.75 Å². The van der Waals surface area contributed by atoms with Crippen LogP contribution in [0.4, 0.5) is 10.5 Å². The number of nitrogens with one attached hydrogen (secondary N) is 1. The summed E-state index contributed by atoms with van der Waals surface area (Å²) in [7, 11) is 1.66. The summed E-state index contributed by atoms with van der Waals surface area (Å²) in [6.07, 6.45) is 1.98. The van der Waals surface area contributed by atoms with E-state index in [1.54, 1.807) is 7.11 Å². The van der Waals surface area contributed by atoms with Gasteiger partial charge in [0.2, 0.25) is 0 Å². The molecule has 4 nitrogen and oxygen atoms in total. The van der Waals surface area contributed by atoms with Crippen LogP contribution in [0.5, 0.6) is 5.75 Å². The van der Waals surface area contributed by atoms with E-state index >= 15 is 0 Å². The largest absolute Gasteiger partial charge is 0.497 e. The predicted octanol–water partition coefficient (Wildman–Crippen LogP) is 2.96. The summed E-state index contributed by atoms with van der Waals surface area (Å²) in [4.78, 5) is 14.1. The van der Waals surface area contributed by atoms with Crippen LogP contribution >= 0.6 is 0 Å². The smallest absolute Gasteiger partial charge is 0.322 e. The van der Waals surface area contributed by atoms with E-state index in [2.05, 4.69) is 5.32 Å². The van der Waals surface area contributed by atoms with Crippen LogP contribution in [0.3, 0.4) is 0 Å². The van der Waals surface area contributed by atoms with Crippen molar-refractivity contribution in [3.63, 3.8) is 0 Å². The highest BCUT2D eigenvalue weighted by atomic mass is 16.5. The number of nitrogens with zero attached hydrogens (tertiary/aromatic N) is 1. The lowest BCUT2D eigenvalue weighted by atomic mass is 10.0. The molecule has 0 atom stereocenters. The second-order valence-electron chi connectivity index (χ2n) is 5.93. The summed E-state index contributed by atoms with van der Waals surface area (Å²) in [5.41, 5.74) is 1.95. The van der Waals surface area contributed by atoms with E-state index in [0.29, 0.717) is 0 Å². The van der Waals surface area contributed by atoms with Gasteiger partial charge in [-0.2, -0.15) is 0 Å². The van der Waals surface area contributed by atoms with Crippen molar-refractivity contribution in [1.82, 2.24) is 5.32 Å². The van der Waals surface area contributed by atoms with Crippen LogP contribution < -0.4 is 15.0 Å². The average molecular weight is 262 g/mol. The normalized spacial score (nSPS) is 14.8. The lowest BCUT2D eigenvalue weighted by molar-refractivity contribution is 0.237. The van der Waals surface area contributed by atoms with Crippen LogP contribution in [0.25, 0.3) is 0 Å². The Morgan fingerprint density at radius 1 is 1.37 bits per heavy atom. The summed E-state index contributed by atoms with van der Waals surface area (Å²) in [6, 6.07) is 5.86. The van der Waals surface area contributed by atoms with Gasteiger partial charge in [-0.15, -0.1) is 0 Å². The molecule has 0 aliphatic carbocycles. The molecule has 0 bridgehead atoms. The molecule has 0 unspecified atom stereocenters. The SMILES string of the molecule is COc1ccc2c(c1)CCCN2C(=O)NC(C)(C)C. The van der Waals surface area contributed by atoms with Gasteiger partial charge in [-0.3, -0.25) is 4.90 Å². The average Bonchev–Trinajstić information content (AvgIpc) is 2.35. The van der Waals surface area contributed by atoms with Crippen molar-refractivity contribution in [2.24, 2.45) is 0 Å². The van der Waals surface area contributed by atoms with Gasteiger partial charge < -0.3 is 10.1 Å². The maximum atomic E-state index is 12.3. The molecule has 2 amide bonds. The number of rotatable bonds is 1. The molecule has 2 rings (SSSR count). The number of fused-ring (bicyclic) bond motifs is 1. The van der Waals surface area contributed by atoms with Crippen molar-refractivity contribution in [3.8, 4) is 5.75 Å². The maximum Gasteiger partial charge on any atom is 0.322 e. The highest BCUT2D eigenvalue weighted by Crippen LogP contribution is 2.30. The van der Waals surface area contributed by atoms with Crippen molar-refractivity contribution in [2.75, 3.05) is 18.6 Å². The Bertz CT molecular complexity index is 478. The number of carbonyl (C=O) groups is 1. The minimum Gasteiger partial charge on any atom is -0.497 e. The number of aryl methyl sites for hydroxylation is 1. The molecule has 0 fully saturated rings. The fourth-order valence-corrected chi connectivity index (χ4v) is 2.30. The van der Waals surface area contributed by atoms with E-state index in [9.17, 15) is 4.79 Å². The van der Waals surface area contributed by atoms with Crippen molar-refractivity contribution in [3.05, 3.63) is 23.8 Å². The summed E-state index contributed by atoms with van der Waals surface area (Å²) < 4.78 is 5.24. The molecule has 4 heteroatoms. The summed E-state index contributed by atoms with van der Waals surface area (Å²) in [5, 5.41) is 3.01. The lowest BCUT2D eigenvalue weighted by Gasteiger charge is -2.32. The van der Waals surface area contributed by atoms with E-state index in [-0.39, 0.29) is 11.6 Å². The monoisotopic (exact) mass is 262 g/mol. The number of hydrogen-bond donors (Lipinski definition) is 1. The number of ether oxygens (including phenoxy) is 1. The van der Waals surface area contributed by atoms with Gasteiger partial charge in [0.25, 0.3) is 0 Å². The summed E-state index contributed by atoms with van der Waals surface area (Å²) in [5.74, 6) is 0.844. The van der Waals surface area contributed by atoms with E-state index < -0.39 is 0 Å². The van der Waals surface area contributed by atoms with Crippen LogP contribution in [0.1, 0.15) is 32.8 Å². The second kappa shape index (κ2) is 5.11. The van der Waals surface area contributed by atoms with Gasteiger partial charge >= 0.3 is 6.03 Å². The molecule has 19 heavy (non-hydrogen) atoms. The van der Waals surface area contributed by atoms with Crippen molar-refractivity contribution < 1.29 is 9.53 Å². The molecule has 1 aromatic rings. The van der Waals surface area contributed by atoms with E-state index in [1.165, 1.54) is 5.56 Å². The summed E-state index contributed by atoms with van der Waals surface area (Å²) >= 11 is 0. The molecule has 0 saturated heterocycles. The minimum atomic E-state index is -0.221. The molecule has 104 valence electrons. The van der Waals surface area contributed by atoms with Crippen LogP contribution in [-0.4, -0.2) is 25.2 Å². The van der Waals surface area contributed by atoms with Crippen LogP contribution in [-0.2, 0) is 6.42 Å². The fraction of sp³-hybridized carbons (Fsp3) is 0.533. The molecule has 1 aliphatic rings. The zero-order valence-corrected chi connectivity index (χ0v) is 12.1. The molecule has 0 saturated carbocycles. The van der Waals surface area contributed by atoms with E-state index in [1.807, 2.05) is 43.9 Å². The lowest BCUT2D eigenvalue weighted by Crippen LogP contribution is -2.50. The number of urea groups is 1. The molecule has 0 aromatic heterocycles. The number of amides is 2. The predicted molar refractivity (Wildman–Crippen MR) is 76.9 cm³/mol. The van der Waals surface area contributed by atoms with Crippen molar-refractivity contribution in [2.45, 2.75) is 39.2 Å². The molecule has 1 aromatic carbocycles. The fourth-order valence-electron chi connectivity index (χ4n) is 2.30. The van der Waals surface area contributed by atoms with Gasteiger partial charge in [0, 0.05) is 17.8 Å². The molecular formula is C15H22N2O2. The maximum absolute atomic E-state index is 12.3. The first kappa shape index (κ1) is 13.7. The molecule has 1 heterocycles. The molecular weight excluding hydrogens is 240 g/mol. The van der Waals surface area contributed by atoms with Crippen LogP contribution in [0.2, 0.25) is 0 Å². The van der Waals surface area contributed by atoms with E-state index in [0.717, 1.165) is 30.8 Å². The Morgan fingerprint density at radius 2 is 2.11 bits per heavy atom. The number of hydrogen-bond acceptors (Lipinski definition) is 2. The standard InChI is InChI=1S/C15H22N2O2/c1-15(2,3)16-14(18)17-9-5-6-11-10-12(19-4)7-8-13(11)17/h7-8,10H,5-6,9H2,1-4H3,(H,16,18). The Morgan fingerprint density at radius 3 is 2.74 bits per heavy atom. The Hall–Kier alpha value is -1.71. The third-order valence-electron chi connectivity index (χ3n) is 3.13. The van der Waals surface area contributed by atoms with Crippen LogP contribution in [0, 0.1) is 0 Å². The Kier molecular flexibility index (Phi) is 3.69. The number of carbonyl (C=O) groups excluding carboxylic acids is 1. The van der Waals surface area contributed by atoms with Gasteiger partial charge in [-0.25, -0.2) is 4.79 Å². The highest BCUT2D eigenvalue weighted by Gasteiger charge is 2.25. The zero-order valence-electron chi connectivity index (χ0n) is 12.1. The third kappa shape index (κ3) is 3.19. The Balaban J connectivity index is 2.25. The second-order valence-corrected chi connectivity index (χ2v) is 5.93. The molecule has 1 aliphatic heterocycles. The minimum absolute atomic E-state index is 0.0291. The quantitative estimate of drug-likeness (QED) is 0.845. The first-order valence-corrected chi connectivity index (χ1v) is 6.67. The molecule has 0 spiro atoms. The van der Waals surface area contributed by atoms with Gasteiger partial charge in [-0.1, -0.05) is 0 Å². The molecule has 1 N–H and O–H groups in total. The number of benzene rings is 1. The number of methoxy groups -OCH3 is 1. The third-order valence-corrected chi connectivity index (χ3v) is 3.13. The van der Waals surface area contributed by atoms with Gasteiger partial charge in [0.05, 0.1) is 7.11 Å². The van der Waals surface area contributed by atoms with E-state index in [4.69, 9.17) is 4.74 Å². The highest BCUT2D eigenvalue weighted by molar-refractivity contribution is 5.93. The van der Waals surface area contributed by atoms with Gasteiger partial charge in [0.15, 0.2) is 0 Å².